The van der Waals surface area contributed by atoms with Crippen LogP contribution in [0.3, 0.4) is 0 Å². The number of hydrogen-bond acceptors (Lipinski definition) is 3. The van der Waals surface area contributed by atoms with E-state index in [0.29, 0.717) is 0 Å². The minimum atomic E-state index is -0.0319. The van der Waals surface area contributed by atoms with Crippen LogP contribution in [-0.2, 0) is 5.54 Å². The Morgan fingerprint density at radius 3 is 2.84 bits per heavy atom. The Labute approximate surface area is 113 Å². The van der Waals surface area contributed by atoms with Crippen LogP contribution in [0.25, 0.3) is 5.69 Å². The van der Waals surface area contributed by atoms with Gasteiger partial charge in [-0.25, -0.2) is 4.68 Å². The molecule has 3 rings (SSSR count). The van der Waals surface area contributed by atoms with Gasteiger partial charge < -0.3 is 5.32 Å². The highest BCUT2D eigenvalue weighted by Gasteiger charge is 2.31. The van der Waals surface area contributed by atoms with E-state index in [1.54, 1.807) is 0 Å². The van der Waals surface area contributed by atoms with Crippen molar-refractivity contribution >= 4 is 0 Å². The van der Waals surface area contributed by atoms with E-state index in [1.165, 1.54) is 19.3 Å². The SMILES string of the molecule is CC1(c2cnnn2-c2ccccc2)CCCCCN1. The smallest absolute Gasteiger partial charge is 0.0843 e. The van der Waals surface area contributed by atoms with E-state index < -0.39 is 0 Å². The summed E-state index contributed by atoms with van der Waals surface area (Å²) >= 11 is 0. The molecule has 1 saturated heterocycles. The average Bonchev–Trinajstić information content (AvgIpc) is 2.84. The van der Waals surface area contributed by atoms with Crippen molar-refractivity contribution in [3.63, 3.8) is 0 Å². The third-order valence-electron chi connectivity index (χ3n) is 3.98. The number of rotatable bonds is 2. The summed E-state index contributed by atoms with van der Waals surface area (Å²) in [5.41, 5.74) is 2.19. The van der Waals surface area contributed by atoms with Crippen molar-refractivity contribution in [2.24, 2.45) is 0 Å². The minimum Gasteiger partial charge on any atom is -0.306 e. The number of hydrogen-bond donors (Lipinski definition) is 1. The fourth-order valence-electron chi connectivity index (χ4n) is 2.82. The third-order valence-corrected chi connectivity index (χ3v) is 3.98. The molecule has 0 radical (unpaired) electrons. The fourth-order valence-corrected chi connectivity index (χ4v) is 2.82. The average molecular weight is 256 g/mol. The molecule has 2 aromatic rings. The molecule has 1 atom stereocenters. The standard InChI is InChI=1S/C15H20N4/c1-15(10-6-3-7-11-16-15)14-12-17-18-19(14)13-8-4-2-5-9-13/h2,4-5,8-9,12,16H,3,6-7,10-11H2,1H3. The van der Waals surface area contributed by atoms with Crippen LogP contribution < -0.4 is 5.32 Å². The number of para-hydroxylation sites is 1. The van der Waals surface area contributed by atoms with Crippen molar-refractivity contribution in [2.45, 2.75) is 38.1 Å². The van der Waals surface area contributed by atoms with Gasteiger partial charge in [0.1, 0.15) is 0 Å². The van der Waals surface area contributed by atoms with Crippen molar-refractivity contribution in [1.82, 2.24) is 20.3 Å². The van der Waals surface area contributed by atoms with E-state index in [9.17, 15) is 0 Å². The molecule has 1 aliphatic heterocycles. The van der Waals surface area contributed by atoms with Gasteiger partial charge in [0.05, 0.1) is 23.1 Å². The minimum absolute atomic E-state index is 0.0319. The zero-order valence-electron chi connectivity index (χ0n) is 11.3. The van der Waals surface area contributed by atoms with Crippen molar-refractivity contribution in [3.05, 3.63) is 42.2 Å². The number of nitrogens with zero attached hydrogens (tertiary/aromatic N) is 3. The van der Waals surface area contributed by atoms with Gasteiger partial charge in [0.2, 0.25) is 0 Å². The number of aromatic nitrogens is 3. The molecule has 1 unspecified atom stereocenters. The van der Waals surface area contributed by atoms with Crippen molar-refractivity contribution in [3.8, 4) is 5.69 Å². The van der Waals surface area contributed by atoms with E-state index in [2.05, 4.69) is 34.7 Å². The lowest BCUT2D eigenvalue weighted by atomic mass is 9.92. The Balaban J connectivity index is 1.99. The first kappa shape index (κ1) is 12.4. The van der Waals surface area contributed by atoms with Crippen molar-refractivity contribution < 1.29 is 0 Å². The molecule has 0 saturated carbocycles. The zero-order valence-corrected chi connectivity index (χ0v) is 11.3. The van der Waals surface area contributed by atoms with E-state index in [-0.39, 0.29) is 5.54 Å². The summed E-state index contributed by atoms with van der Waals surface area (Å²) in [7, 11) is 0. The van der Waals surface area contributed by atoms with Crippen LogP contribution in [0.1, 0.15) is 38.3 Å². The molecule has 0 spiro atoms. The topological polar surface area (TPSA) is 42.7 Å². The maximum Gasteiger partial charge on any atom is 0.0843 e. The summed E-state index contributed by atoms with van der Waals surface area (Å²) in [6.45, 7) is 3.33. The molecule has 1 aromatic heterocycles. The van der Waals surface area contributed by atoms with Gasteiger partial charge in [-0.2, -0.15) is 0 Å². The van der Waals surface area contributed by atoms with E-state index in [1.807, 2.05) is 29.1 Å². The second kappa shape index (κ2) is 5.13. The van der Waals surface area contributed by atoms with Crippen LogP contribution in [0.15, 0.2) is 36.5 Å². The van der Waals surface area contributed by atoms with Gasteiger partial charge in [-0.3, -0.25) is 0 Å². The lowest BCUT2D eigenvalue weighted by Gasteiger charge is -2.29. The largest absolute Gasteiger partial charge is 0.306 e. The lowest BCUT2D eigenvalue weighted by molar-refractivity contribution is 0.341. The van der Waals surface area contributed by atoms with Crippen molar-refractivity contribution in [2.75, 3.05) is 6.54 Å². The van der Waals surface area contributed by atoms with Gasteiger partial charge >= 0.3 is 0 Å². The van der Waals surface area contributed by atoms with E-state index >= 15 is 0 Å². The third kappa shape index (κ3) is 2.40. The summed E-state index contributed by atoms with van der Waals surface area (Å²) in [5, 5.41) is 12.1. The molecule has 4 heteroatoms. The predicted molar refractivity (Wildman–Crippen MR) is 75.2 cm³/mol. The lowest BCUT2D eigenvalue weighted by Crippen LogP contribution is -2.40. The number of benzene rings is 1. The van der Waals surface area contributed by atoms with Gasteiger partial charge in [0.15, 0.2) is 0 Å². The van der Waals surface area contributed by atoms with Crippen LogP contribution in [0.2, 0.25) is 0 Å². The first-order valence-corrected chi connectivity index (χ1v) is 7.01. The summed E-state index contributed by atoms with van der Waals surface area (Å²) < 4.78 is 1.96. The van der Waals surface area contributed by atoms with Crippen LogP contribution in [-0.4, -0.2) is 21.5 Å². The fraction of sp³-hybridized carbons (Fsp3) is 0.467. The molecule has 0 aliphatic carbocycles. The van der Waals surface area contributed by atoms with Gasteiger partial charge in [-0.1, -0.05) is 36.3 Å². The quantitative estimate of drug-likeness (QED) is 0.898. The van der Waals surface area contributed by atoms with E-state index in [4.69, 9.17) is 0 Å². The van der Waals surface area contributed by atoms with Gasteiger partial charge in [-0.05, 0) is 38.4 Å². The molecular weight excluding hydrogens is 236 g/mol. The molecule has 1 N–H and O–H groups in total. The summed E-state index contributed by atoms with van der Waals surface area (Å²) in [4.78, 5) is 0. The molecule has 0 amide bonds. The molecule has 1 aliphatic rings. The first-order valence-electron chi connectivity index (χ1n) is 7.01. The van der Waals surface area contributed by atoms with Gasteiger partial charge in [-0.15, -0.1) is 5.10 Å². The first-order chi connectivity index (χ1) is 9.30. The molecule has 1 fully saturated rings. The maximum absolute atomic E-state index is 4.26. The van der Waals surface area contributed by atoms with Crippen LogP contribution in [0, 0.1) is 0 Å². The van der Waals surface area contributed by atoms with Gasteiger partial charge in [0, 0.05) is 0 Å². The van der Waals surface area contributed by atoms with Gasteiger partial charge in [0.25, 0.3) is 0 Å². The Kier molecular flexibility index (Phi) is 3.34. The molecule has 19 heavy (non-hydrogen) atoms. The van der Waals surface area contributed by atoms with Crippen molar-refractivity contribution in [1.29, 1.82) is 0 Å². The van der Waals surface area contributed by atoms with E-state index in [0.717, 1.165) is 24.3 Å². The summed E-state index contributed by atoms with van der Waals surface area (Å²) in [5.74, 6) is 0. The second-order valence-electron chi connectivity index (χ2n) is 5.44. The van der Waals surface area contributed by atoms with Crippen LogP contribution in [0.5, 0.6) is 0 Å². The van der Waals surface area contributed by atoms with Crippen LogP contribution >= 0.6 is 0 Å². The molecule has 0 bridgehead atoms. The molecular formula is C15H20N4. The molecule has 2 heterocycles. The normalized spacial score (nSPS) is 24.1. The highest BCUT2D eigenvalue weighted by molar-refractivity contribution is 5.33. The predicted octanol–water partition coefficient (Wildman–Crippen LogP) is 2.65. The Hall–Kier alpha value is -1.68. The Bertz CT molecular complexity index is 524. The zero-order chi connectivity index (χ0) is 13.1. The molecule has 4 nitrogen and oxygen atoms in total. The second-order valence-corrected chi connectivity index (χ2v) is 5.44. The highest BCUT2D eigenvalue weighted by atomic mass is 15.4. The Morgan fingerprint density at radius 2 is 2.00 bits per heavy atom. The summed E-state index contributed by atoms with van der Waals surface area (Å²) in [6, 6.07) is 10.2. The van der Waals surface area contributed by atoms with Crippen LogP contribution in [0.4, 0.5) is 0 Å². The molecule has 1 aromatic carbocycles. The Morgan fingerprint density at radius 1 is 1.16 bits per heavy atom. The number of nitrogens with one attached hydrogen (secondary N) is 1. The maximum atomic E-state index is 4.26. The molecule has 100 valence electrons. The monoisotopic (exact) mass is 256 g/mol. The summed E-state index contributed by atoms with van der Waals surface area (Å²) in [6.07, 6.45) is 6.83. The highest BCUT2D eigenvalue weighted by Crippen LogP contribution is 2.29.